The fraction of sp³-hybridized carbons (Fsp3) is 0.831. The molecule has 80 heavy (non-hydrogen) atoms. The molecule has 24 atom stereocenters. The van der Waals surface area contributed by atoms with Crippen LogP contribution in [0.5, 0.6) is 0 Å². The number of aliphatic carboxylic acids is 1. The zero-order valence-electron chi connectivity index (χ0n) is 46.6. The van der Waals surface area contributed by atoms with Crippen LogP contribution in [-0.4, -0.2) is 171 Å². The number of nitrogens with zero attached hydrogens (tertiary/aromatic N) is 2. The third kappa shape index (κ3) is 7.62. The van der Waals surface area contributed by atoms with E-state index in [1.165, 1.54) is 11.9 Å². The molecule has 21 heteroatoms. The summed E-state index contributed by atoms with van der Waals surface area (Å²) in [5.74, 6) is -5.35. The first-order valence-electron chi connectivity index (χ1n) is 30.1. The van der Waals surface area contributed by atoms with Crippen LogP contribution in [0, 0.1) is 85.2 Å². The first-order chi connectivity index (χ1) is 38.2. The second kappa shape index (κ2) is 20.3. The number of carbonyl (C=O) groups excluding carboxylic acids is 1. The van der Waals surface area contributed by atoms with E-state index in [9.17, 15) is 60.7 Å². The molecule has 5 heterocycles. The van der Waals surface area contributed by atoms with Crippen molar-refractivity contribution in [1.29, 1.82) is 0 Å². The molecule has 12 rings (SSSR count). The van der Waals surface area contributed by atoms with E-state index in [2.05, 4.69) is 45.5 Å². The molecule has 0 radical (unpaired) electrons. The minimum Gasteiger partial charge on any atom is -0.481 e. The topological polar surface area (TPSA) is 362 Å². The van der Waals surface area contributed by atoms with Crippen molar-refractivity contribution in [2.75, 3.05) is 38.3 Å². The number of allylic oxidation sites excluding steroid dienone is 2. The molecular weight excluding hydrogens is 1030 g/mol. The van der Waals surface area contributed by atoms with Crippen molar-refractivity contribution in [1.82, 2.24) is 25.3 Å². The molecule has 0 aromatic carbocycles. The highest BCUT2D eigenvalue weighted by atomic mass is 16.7. The fourth-order valence-corrected chi connectivity index (χ4v) is 22.0. The number of anilines is 1. The zero-order chi connectivity index (χ0) is 56.7. The molecule has 8 fully saturated rings. The summed E-state index contributed by atoms with van der Waals surface area (Å²) in [4.78, 5) is 44.9. The van der Waals surface area contributed by atoms with Crippen LogP contribution in [0.15, 0.2) is 30.5 Å². The van der Waals surface area contributed by atoms with Gasteiger partial charge in [0.05, 0.1) is 67.8 Å². The number of amides is 1. The highest BCUT2D eigenvalue weighted by molar-refractivity contribution is 5.82. The summed E-state index contributed by atoms with van der Waals surface area (Å²) in [5.41, 5.74) is 2.91. The average molecular weight is 1120 g/mol. The Hall–Kier alpha value is -3.58. The normalized spacial score (nSPS) is 48.1. The summed E-state index contributed by atoms with van der Waals surface area (Å²) >= 11 is 0. The molecule has 444 valence electrons. The van der Waals surface area contributed by atoms with Crippen LogP contribution < -0.4 is 16.4 Å². The van der Waals surface area contributed by atoms with Crippen LogP contribution in [0.3, 0.4) is 0 Å². The highest BCUT2D eigenvalue weighted by Gasteiger charge is 2.84. The highest BCUT2D eigenvalue weighted by Crippen LogP contribution is 2.88. The second-order valence-corrected chi connectivity index (χ2v) is 27.9. The molecular formula is C59H89N7O14. The van der Waals surface area contributed by atoms with E-state index in [0.29, 0.717) is 57.2 Å². The van der Waals surface area contributed by atoms with Gasteiger partial charge in [-0.05, 0) is 140 Å². The van der Waals surface area contributed by atoms with Gasteiger partial charge in [0.15, 0.2) is 6.29 Å². The number of aromatic nitrogens is 4. The fourth-order valence-electron chi connectivity index (χ4n) is 22.0. The predicted molar refractivity (Wildman–Crippen MR) is 287 cm³/mol. The van der Waals surface area contributed by atoms with Crippen molar-refractivity contribution in [3.05, 3.63) is 41.9 Å². The summed E-state index contributed by atoms with van der Waals surface area (Å²) in [6, 6.07) is -0.883. The van der Waals surface area contributed by atoms with Gasteiger partial charge in [0.25, 0.3) is 0 Å². The Kier molecular flexibility index (Phi) is 14.4. The molecule has 2 aromatic rings. The molecule has 16 N–H and O–H groups in total. The number of aromatic amines is 2. The van der Waals surface area contributed by atoms with E-state index in [4.69, 9.17) is 20.2 Å². The van der Waals surface area contributed by atoms with Crippen LogP contribution in [0.25, 0.3) is 0 Å². The van der Waals surface area contributed by atoms with Crippen molar-refractivity contribution in [2.24, 2.45) is 91.0 Å². The Morgan fingerprint density at radius 1 is 0.925 bits per heavy atom. The van der Waals surface area contributed by atoms with Crippen molar-refractivity contribution < 1.29 is 70.1 Å². The lowest BCUT2D eigenvalue weighted by molar-refractivity contribution is -0.375. The number of nitrogens with two attached hydrogens (primary N) is 1. The van der Waals surface area contributed by atoms with Crippen molar-refractivity contribution in [3.8, 4) is 0 Å². The first kappa shape index (κ1) is 56.9. The van der Waals surface area contributed by atoms with Crippen molar-refractivity contribution in [2.45, 2.75) is 185 Å². The van der Waals surface area contributed by atoms with Gasteiger partial charge >= 0.3 is 5.97 Å². The van der Waals surface area contributed by atoms with E-state index in [0.717, 1.165) is 56.5 Å². The number of aliphatic hydroxyl groups excluding tert-OH is 9. The number of ether oxygens (including phenoxy) is 2. The third-order valence-corrected chi connectivity index (χ3v) is 25.2. The van der Waals surface area contributed by atoms with Gasteiger partial charge in [-0.15, -0.1) is 0 Å². The zero-order valence-corrected chi connectivity index (χ0v) is 46.6. The van der Waals surface area contributed by atoms with Crippen molar-refractivity contribution >= 4 is 17.7 Å². The summed E-state index contributed by atoms with van der Waals surface area (Å²) in [5, 5.41) is 124. The monoisotopic (exact) mass is 1120 g/mol. The maximum atomic E-state index is 14.7. The number of hydrogen-bond donors (Lipinski definition) is 15. The number of hydrogen-bond acceptors (Lipinski definition) is 17. The number of aliphatic hydroxyl groups is 9. The largest absolute Gasteiger partial charge is 0.481 e. The van der Waals surface area contributed by atoms with Gasteiger partial charge in [-0.2, -0.15) is 0 Å². The van der Waals surface area contributed by atoms with E-state index in [1.54, 1.807) is 12.5 Å². The Labute approximate surface area is 467 Å². The van der Waals surface area contributed by atoms with Crippen LogP contribution in [-0.2, 0) is 25.5 Å². The van der Waals surface area contributed by atoms with Gasteiger partial charge in [-0.3, -0.25) is 9.59 Å². The molecule has 3 aliphatic heterocycles. The number of H-pyrrole nitrogens is 2. The molecule has 2 aromatic heterocycles. The predicted octanol–water partition coefficient (Wildman–Crippen LogP) is 2.03. The summed E-state index contributed by atoms with van der Waals surface area (Å²) in [6.45, 7) is 5.54. The standard InChI is InChI=1S/C59H89N7O14/c1-53(25-68)15-16-57(52(77)78)35(20-53)32-9-14-56-11-6-12-58(32,33-18-37-49(65-28-64-37)62-21-36(33)57)55(56,3)13-10-41-54(2,26-69)48(80-51-47(75)46(74)40(71)24-79-51)45(73)34(59(41,56)29-7-4-5-8-29)17-30-31(23-67)50(76)66-44(30)43(38-22-61-27-63-38)39(70)19-42(60)72/h9,22,27-31,33-36,39-48,51,62,67-75H,4-8,10-21,23-26,60H2,1-3H3,(H,61,63)(H,64,65)(H,66,76)(H,77,78). The lowest BCUT2D eigenvalue weighted by Gasteiger charge is -2.83. The minimum absolute atomic E-state index is 0.0467. The second-order valence-electron chi connectivity index (χ2n) is 27.9. The van der Waals surface area contributed by atoms with E-state index in [-0.39, 0.29) is 43.8 Å². The molecule has 6 saturated carbocycles. The number of nitrogens with one attached hydrogen (secondary N) is 4. The van der Waals surface area contributed by atoms with Gasteiger partial charge in [0.1, 0.15) is 30.4 Å². The summed E-state index contributed by atoms with van der Waals surface area (Å²) < 4.78 is 12.9. The SMILES string of the molecule is CC1(CO)CCC2(C(=O)O)C(C1)C1=CCC34CCCC1(C1Cc5[nH]cnc5NCC12)C3(C)CCC1C(C)(CO)C(OC2OCC(O)C(O)C2O)C(O)C(CC2C(CO)C(=O)NC2C(c2cnc[nH]2)C(O)CC(N)O)C14C1CCCC1. The van der Waals surface area contributed by atoms with Crippen LogP contribution >= 0.6 is 0 Å². The molecule has 2 saturated heterocycles. The Bertz CT molecular complexity index is 2650. The summed E-state index contributed by atoms with van der Waals surface area (Å²) in [7, 11) is 0. The smallest absolute Gasteiger partial charge is 0.310 e. The molecule has 24 unspecified atom stereocenters. The van der Waals surface area contributed by atoms with E-state index < -0.39 is 154 Å². The number of carboxylic acids is 1. The molecule has 2 bridgehead atoms. The number of rotatable bonds is 14. The number of fused-ring (bicyclic) bond motifs is 6. The van der Waals surface area contributed by atoms with Gasteiger partial charge in [-0.25, -0.2) is 9.97 Å². The van der Waals surface area contributed by atoms with Crippen molar-refractivity contribution in [3.63, 3.8) is 0 Å². The molecule has 10 aliphatic rings. The van der Waals surface area contributed by atoms with Gasteiger partial charge in [0, 0.05) is 54.3 Å². The maximum Gasteiger partial charge on any atom is 0.310 e. The van der Waals surface area contributed by atoms with Gasteiger partial charge in [0.2, 0.25) is 5.91 Å². The number of imidazole rings is 2. The number of carboxylic acid groups (broad SMARTS) is 1. The third-order valence-electron chi connectivity index (χ3n) is 25.2. The summed E-state index contributed by atoms with van der Waals surface area (Å²) in [6.07, 6.45) is 5.02. The quantitative estimate of drug-likeness (QED) is 0.0731. The molecule has 7 aliphatic carbocycles. The average Bonchev–Trinajstić information content (AvgIpc) is 2.54. The van der Waals surface area contributed by atoms with Crippen LogP contribution in [0.1, 0.15) is 134 Å². The van der Waals surface area contributed by atoms with Crippen LogP contribution in [0.2, 0.25) is 0 Å². The first-order valence-corrected chi connectivity index (χ1v) is 30.1. The lowest BCUT2D eigenvalue weighted by atomic mass is 9.21. The van der Waals surface area contributed by atoms with Gasteiger partial charge in [-0.1, -0.05) is 51.7 Å². The van der Waals surface area contributed by atoms with Gasteiger partial charge < -0.3 is 86.9 Å². The maximum absolute atomic E-state index is 14.7. The Balaban J connectivity index is 1.11. The van der Waals surface area contributed by atoms with E-state index in [1.807, 2.05) is 6.92 Å². The molecule has 21 nitrogen and oxygen atoms in total. The minimum atomic E-state index is -1.72. The van der Waals surface area contributed by atoms with E-state index >= 15 is 0 Å². The molecule has 1 spiro atoms. The Morgan fingerprint density at radius 2 is 1.70 bits per heavy atom. The Morgan fingerprint density at radius 3 is 2.39 bits per heavy atom. The lowest BCUT2D eigenvalue weighted by Crippen LogP contribution is -2.80. The van der Waals surface area contributed by atoms with Crippen LogP contribution in [0.4, 0.5) is 5.82 Å². The molecule has 1 amide bonds. The number of carbonyl (C=O) groups is 2.